The summed E-state index contributed by atoms with van der Waals surface area (Å²) in [5, 5.41) is 8.22. The lowest BCUT2D eigenvalue weighted by molar-refractivity contribution is 0.604. The monoisotopic (exact) mass is 212 g/mol. The van der Waals surface area contributed by atoms with Crippen molar-refractivity contribution in [3.63, 3.8) is 0 Å². The minimum atomic E-state index is -3.59. The minimum absolute atomic E-state index is 0.287. The number of hydrogen-bond acceptors (Lipinski definition) is 5. The van der Waals surface area contributed by atoms with Gasteiger partial charge in [0.05, 0.1) is 18.0 Å². The fourth-order valence-electron chi connectivity index (χ4n) is 0.766. The number of nitrogens with one attached hydrogen (secondary N) is 1. The summed E-state index contributed by atoms with van der Waals surface area (Å²) in [5.41, 5.74) is 5.59. The molecule has 1 rings (SSSR count). The summed E-state index contributed by atoms with van der Waals surface area (Å²) in [7, 11) is -3.59. The van der Waals surface area contributed by atoms with Crippen LogP contribution in [0.15, 0.2) is 18.3 Å². The highest BCUT2D eigenvalue weighted by Crippen LogP contribution is 2.08. The van der Waals surface area contributed by atoms with Gasteiger partial charge in [-0.2, -0.15) is 5.26 Å². The van der Waals surface area contributed by atoms with E-state index in [2.05, 4.69) is 9.71 Å². The van der Waals surface area contributed by atoms with Gasteiger partial charge >= 0.3 is 0 Å². The van der Waals surface area contributed by atoms with Crippen molar-refractivity contribution in [2.75, 3.05) is 16.2 Å². The lowest BCUT2D eigenvalue weighted by Gasteiger charge is -2.03. The van der Waals surface area contributed by atoms with Crippen LogP contribution in [0.25, 0.3) is 0 Å². The Hall–Kier alpha value is -1.81. The Kier molecular flexibility index (Phi) is 2.89. The maximum absolute atomic E-state index is 11.1. The Balaban J connectivity index is 2.80. The van der Waals surface area contributed by atoms with Gasteiger partial charge in [-0.1, -0.05) is 0 Å². The van der Waals surface area contributed by atoms with Crippen LogP contribution in [0.4, 0.5) is 11.5 Å². The zero-order valence-corrected chi connectivity index (χ0v) is 7.95. The largest absolute Gasteiger partial charge is 0.384 e. The number of nitrogens with two attached hydrogens (primary N) is 1. The van der Waals surface area contributed by atoms with Gasteiger partial charge in [0.2, 0.25) is 10.0 Å². The number of pyridine rings is 1. The number of sulfonamides is 1. The molecule has 1 heterocycles. The molecule has 0 radical (unpaired) electrons. The van der Waals surface area contributed by atoms with Crippen LogP contribution in [0, 0.1) is 11.3 Å². The van der Waals surface area contributed by atoms with Gasteiger partial charge < -0.3 is 5.73 Å². The third-order valence-electron chi connectivity index (χ3n) is 1.31. The van der Waals surface area contributed by atoms with Crippen LogP contribution in [0.5, 0.6) is 0 Å². The molecule has 0 aliphatic carbocycles. The molecule has 3 N–H and O–H groups in total. The molecule has 14 heavy (non-hydrogen) atoms. The molecule has 0 unspecified atom stereocenters. The van der Waals surface area contributed by atoms with Crippen molar-refractivity contribution in [2.45, 2.75) is 0 Å². The SMILES string of the molecule is N#CCS(=O)(=O)Nc1ccc(N)nc1. The summed E-state index contributed by atoms with van der Waals surface area (Å²) in [5.74, 6) is -0.287. The molecule has 1 aromatic heterocycles. The van der Waals surface area contributed by atoms with Crippen molar-refractivity contribution < 1.29 is 8.42 Å². The molecule has 0 saturated carbocycles. The van der Waals surface area contributed by atoms with E-state index in [9.17, 15) is 8.42 Å². The molecular formula is C7H8N4O2S. The van der Waals surface area contributed by atoms with Crippen molar-refractivity contribution in [3.05, 3.63) is 18.3 Å². The molecule has 0 aliphatic heterocycles. The standard InChI is InChI=1S/C7H8N4O2S/c8-3-4-14(12,13)11-6-1-2-7(9)10-5-6/h1-2,5,11H,4H2,(H2,9,10). The van der Waals surface area contributed by atoms with Crippen molar-refractivity contribution in [3.8, 4) is 6.07 Å². The zero-order chi connectivity index (χ0) is 10.6. The van der Waals surface area contributed by atoms with Gasteiger partial charge in [-0.05, 0) is 12.1 Å². The van der Waals surface area contributed by atoms with Crippen molar-refractivity contribution in [1.82, 2.24) is 4.98 Å². The first kappa shape index (κ1) is 10.3. The van der Waals surface area contributed by atoms with E-state index in [4.69, 9.17) is 11.0 Å². The van der Waals surface area contributed by atoms with Gasteiger partial charge in [-0.3, -0.25) is 4.72 Å². The van der Waals surface area contributed by atoms with Crippen molar-refractivity contribution >= 4 is 21.5 Å². The molecule has 0 bridgehead atoms. The Labute approximate surface area is 81.4 Å². The summed E-state index contributed by atoms with van der Waals surface area (Å²) in [6, 6.07) is 4.48. The summed E-state index contributed by atoms with van der Waals surface area (Å²) in [4.78, 5) is 3.69. The highest BCUT2D eigenvalue weighted by atomic mass is 32.2. The number of rotatable bonds is 3. The fraction of sp³-hybridized carbons (Fsp3) is 0.143. The molecule has 0 saturated heterocycles. The topological polar surface area (TPSA) is 109 Å². The number of nitrogen functional groups attached to an aromatic ring is 1. The number of anilines is 2. The predicted octanol–water partition coefficient (Wildman–Crippen LogP) is -0.0709. The molecule has 74 valence electrons. The smallest absolute Gasteiger partial charge is 0.246 e. The van der Waals surface area contributed by atoms with E-state index in [-0.39, 0.29) is 5.69 Å². The Morgan fingerprint density at radius 1 is 1.57 bits per heavy atom. The third kappa shape index (κ3) is 2.91. The Morgan fingerprint density at radius 2 is 2.29 bits per heavy atom. The van der Waals surface area contributed by atoms with Gasteiger partial charge in [0.1, 0.15) is 5.82 Å². The summed E-state index contributed by atoms with van der Waals surface area (Å²) in [6.45, 7) is 0. The molecule has 0 aromatic carbocycles. The normalized spacial score (nSPS) is 10.5. The fourth-order valence-corrected chi connectivity index (χ4v) is 1.49. The maximum Gasteiger partial charge on any atom is 0.246 e. The quantitative estimate of drug-likeness (QED) is 0.728. The summed E-state index contributed by atoms with van der Waals surface area (Å²) in [6.07, 6.45) is 1.28. The second kappa shape index (κ2) is 3.93. The minimum Gasteiger partial charge on any atom is -0.384 e. The average molecular weight is 212 g/mol. The highest BCUT2D eigenvalue weighted by molar-refractivity contribution is 7.92. The van der Waals surface area contributed by atoms with E-state index in [1.54, 1.807) is 6.07 Å². The lowest BCUT2D eigenvalue weighted by atomic mass is 10.4. The second-order valence-corrected chi connectivity index (χ2v) is 4.21. The molecular weight excluding hydrogens is 204 g/mol. The third-order valence-corrected chi connectivity index (χ3v) is 2.37. The van der Waals surface area contributed by atoms with Crippen LogP contribution in [-0.2, 0) is 10.0 Å². The molecule has 1 aromatic rings. The molecule has 0 spiro atoms. The van der Waals surface area contributed by atoms with Crippen LogP contribution < -0.4 is 10.5 Å². The molecule has 0 amide bonds. The Bertz CT molecular complexity index is 446. The van der Waals surface area contributed by atoms with E-state index in [1.165, 1.54) is 18.3 Å². The molecule has 0 atom stereocenters. The van der Waals surface area contributed by atoms with Crippen LogP contribution in [-0.4, -0.2) is 19.2 Å². The highest BCUT2D eigenvalue weighted by Gasteiger charge is 2.08. The van der Waals surface area contributed by atoms with Gasteiger partial charge in [0.15, 0.2) is 5.75 Å². The van der Waals surface area contributed by atoms with Gasteiger partial charge in [-0.15, -0.1) is 0 Å². The van der Waals surface area contributed by atoms with E-state index < -0.39 is 15.8 Å². The van der Waals surface area contributed by atoms with E-state index in [0.29, 0.717) is 5.82 Å². The first-order valence-electron chi connectivity index (χ1n) is 3.62. The number of nitrogens with zero attached hydrogens (tertiary/aromatic N) is 2. The van der Waals surface area contributed by atoms with Crippen LogP contribution in [0.3, 0.4) is 0 Å². The molecule has 6 nitrogen and oxygen atoms in total. The second-order valence-electron chi connectivity index (χ2n) is 2.49. The van der Waals surface area contributed by atoms with Crippen molar-refractivity contribution in [1.29, 1.82) is 5.26 Å². The van der Waals surface area contributed by atoms with Gasteiger partial charge in [0, 0.05) is 0 Å². The first-order chi connectivity index (χ1) is 6.53. The van der Waals surface area contributed by atoms with Crippen LogP contribution in [0.2, 0.25) is 0 Å². The van der Waals surface area contributed by atoms with E-state index in [1.807, 2.05) is 0 Å². The van der Waals surface area contributed by atoms with Gasteiger partial charge in [-0.25, -0.2) is 13.4 Å². The van der Waals surface area contributed by atoms with Crippen LogP contribution >= 0.6 is 0 Å². The zero-order valence-electron chi connectivity index (χ0n) is 7.14. The Morgan fingerprint density at radius 3 is 2.79 bits per heavy atom. The van der Waals surface area contributed by atoms with Crippen molar-refractivity contribution in [2.24, 2.45) is 0 Å². The van der Waals surface area contributed by atoms with E-state index in [0.717, 1.165) is 0 Å². The molecule has 7 heteroatoms. The number of hydrogen-bond donors (Lipinski definition) is 2. The lowest BCUT2D eigenvalue weighted by Crippen LogP contribution is -2.15. The summed E-state index contributed by atoms with van der Waals surface area (Å²) >= 11 is 0. The first-order valence-corrected chi connectivity index (χ1v) is 5.28. The van der Waals surface area contributed by atoms with E-state index >= 15 is 0 Å². The average Bonchev–Trinajstić information content (AvgIpc) is 2.08. The maximum atomic E-state index is 11.1. The van der Waals surface area contributed by atoms with Gasteiger partial charge in [0.25, 0.3) is 0 Å². The molecule has 0 aliphatic rings. The summed E-state index contributed by atoms with van der Waals surface area (Å²) < 4.78 is 24.4. The number of aromatic nitrogens is 1. The molecule has 0 fully saturated rings. The van der Waals surface area contributed by atoms with Crippen LogP contribution in [0.1, 0.15) is 0 Å². The predicted molar refractivity (Wildman–Crippen MR) is 51.7 cm³/mol. The number of nitriles is 1.